The zero-order valence-corrected chi connectivity index (χ0v) is 17.1. The Kier molecular flexibility index (Phi) is 4.87. The van der Waals surface area contributed by atoms with Gasteiger partial charge in [0.25, 0.3) is 11.1 Å². The van der Waals surface area contributed by atoms with Crippen LogP contribution in [-0.4, -0.2) is 34.0 Å². The number of para-hydroxylation sites is 1. The molecule has 10 heteroatoms. The molecule has 0 radical (unpaired) electrons. The standard InChI is InChI=1S/C19H20N6O3S/c1-22-11-20-15-14(22)17(27)25(19(28)23(15)2)9-6-10-29-18-21-13-8-5-4-7-12(13)16(26)24(18)3/h4-5,7-8,11H,6,9-10H2,1-3H3. The molecule has 4 rings (SSSR count). The van der Waals surface area contributed by atoms with Gasteiger partial charge in [-0.15, -0.1) is 0 Å². The first kappa shape index (κ1) is 19.2. The van der Waals surface area contributed by atoms with E-state index in [1.807, 2.05) is 18.2 Å². The molecule has 3 heterocycles. The van der Waals surface area contributed by atoms with E-state index in [1.54, 1.807) is 31.8 Å². The first-order valence-electron chi connectivity index (χ1n) is 9.09. The fraction of sp³-hybridized carbons (Fsp3) is 0.316. The fourth-order valence-corrected chi connectivity index (χ4v) is 4.20. The molecule has 0 amide bonds. The van der Waals surface area contributed by atoms with Crippen molar-refractivity contribution in [2.24, 2.45) is 21.1 Å². The van der Waals surface area contributed by atoms with Crippen LogP contribution in [0.2, 0.25) is 0 Å². The quantitative estimate of drug-likeness (QED) is 0.274. The number of aryl methyl sites for hydroxylation is 2. The molecule has 0 unspecified atom stereocenters. The Balaban J connectivity index is 1.55. The predicted octanol–water partition coefficient (Wildman–Crippen LogP) is 0.863. The number of hydrogen-bond donors (Lipinski definition) is 0. The van der Waals surface area contributed by atoms with Crippen molar-refractivity contribution in [1.82, 2.24) is 28.2 Å². The smallest absolute Gasteiger partial charge is 0.328 e. The van der Waals surface area contributed by atoms with Crippen molar-refractivity contribution in [3.05, 3.63) is 61.8 Å². The third-order valence-electron chi connectivity index (χ3n) is 4.90. The van der Waals surface area contributed by atoms with Crippen LogP contribution in [-0.2, 0) is 27.7 Å². The van der Waals surface area contributed by atoms with Crippen LogP contribution in [0.4, 0.5) is 0 Å². The molecule has 0 spiro atoms. The highest BCUT2D eigenvalue weighted by atomic mass is 32.2. The Labute approximate surface area is 169 Å². The summed E-state index contributed by atoms with van der Waals surface area (Å²) in [5.74, 6) is 0.609. The second-order valence-electron chi connectivity index (χ2n) is 6.80. The molecule has 29 heavy (non-hydrogen) atoms. The van der Waals surface area contributed by atoms with Gasteiger partial charge in [0, 0.05) is 33.4 Å². The first-order valence-corrected chi connectivity index (χ1v) is 10.1. The lowest BCUT2D eigenvalue weighted by Crippen LogP contribution is -2.39. The minimum absolute atomic E-state index is 0.0927. The van der Waals surface area contributed by atoms with Gasteiger partial charge in [-0.2, -0.15) is 0 Å². The average Bonchev–Trinajstić information content (AvgIpc) is 3.11. The third kappa shape index (κ3) is 3.19. The van der Waals surface area contributed by atoms with Crippen LogP contribution in [0.3, 0.4) is 0 Å². The number of aromatic nitrogens is 6. The molecule has 0 aliphatic carbocycles. The SMILES string of the molecule is Cn1c(SCCCn2c(=O)c3c(ncn3C)n(C)c2=O)nc2ccccc2c1=O. The molecule has 0 saturated carbocycles. The second kappa shape index (κ2) is 7.36. The van der Waals surface area contributed by atoms with Gasteiger partial charge in [0.2, 0.25) is 0 Å². The van der Waals surface area contributed by atoms with Crippen LogP contribution in [0.25, 0.3) is 22.1 Å². The number of fused-ring (bicyclic) bond motifs is 2. The summed E-state index contributed by atoms with van der Waals surface area (Å²) in [6.45, 7) is 0.279. The highest BCUT2D eigenvalue weighted by molar-refractivity contribution is 7.99. The minimum atomic E-state index is -0.387. The molecule has 0 N–H and O–H groups in total. The van der Waals surface area contributed by atoms with E-state index >= 15 is 0 Å². The van der Waals surface area contributed by atoms with Crippen LogP contribution in [0, 0.1) is 0 Å². The van der Waals surface area contributed by atoms with Crippen LogP contribution in [0.5, 0.6) is 0 Å². The topological polar surface area (TPSA) is 96.7 Å². The minimum Gasteiger partial charge on any atom is -0.328 e. The maximum Gasteiger partial charge on any atom is 0.332 e. The van der Waals surface area contributed by atoms with Crippen molar-refractivity contribution in [1.29, 1.82) is 0 Å². The molecule has 9 nitrogen and oxygen atoms in total. The molecule has 4 aromatic rings. The maximum atomic E-state index is 12.7. The summed E-state index contributed by atoms with van der Waals surface area (Å²) in [5.41, 5.74) is 0.614. The number of nitrogens with zero attached hydrogens (tertiary/aromatic N) is 6. The van der Waals surface area contributed by atoms with E-state index in [0.29, 0.717) is 39.4 Å². The summed E-state index contributed by atoms with van der Waals surface area (Å²) < 4.78 is 5.77. The van der Waals surface area contributed by atoms with Gasteiger partial charge in [0.15, 0.2) is 16.3 Å². The summed E-state index contributed by atoms with van der Waals surface area (Å²) in [6, 6.07) is 7.23. The maximum absolute atomic E-state index is 12.7. The van der Waals surface area contributed by atoms with Gasteiger partial charge in [0.1, 0.15) is 0 Å². The van der Waals surface area contributed by atoms with Crippen LogP contribution < -0.4 is 16.8 Å². The molecular formula is C19H20N6O3S. The molecule has 0 bridgehead atoms. The Morgan fingerprint density at radius 3 is 2.55 bits per heavy atom. The lowest BCUT2D eigenvalue weighted by Gasteiger charge is -2.10. The lowest BCUT2D eigenvalue weighted by atomic mass is 10.2. The van der Waals surface area contributed by atoms with Crippen molar-refractivity contribution in [2.45, 2.75) is 18.1 Å². The Morgan fingerprint density at radius 1 is 1.00 bits per heavy atom. The molecular weight excluding hydrogens is 392 g/mol. The van der Waals surface area contributed by atoms with E-state index in [0.717, 1.165) is 0 Å². The van der Waals surface area contributed by atoms with E-state index in [-0.39, 0.29) is 23.4 Å². The van der Waals surface area contributed by atoms with Crippen molar-refractivity contribution >= 4 is 33.8 Å². The highest BCUT2D eigenvalue weighted by Crippen LogP contribution is 2.17. The van der Waals surface area contributed by atoms with Gasteiger partial charge < -0.3 is 4.57 Å². The lowest BCUT2D eigenvalue weighted by molar-refractivity contribution is 0.593. The summed E-state index contributed by atoms with van der Waals surface area (Å²) >= 11 is 1.43. The third-order valence-corrected chi connectivity index (χ3v) is 6.02. The van der Waals surface area contributed by atoms with Crippen molar-refractivity contribution in [3.8, 4) is 0 Å². The van der Waals surface area contributed by atoms with E-state index in [9.17, 15) is 14.4 Å². The van der Waals surface area contributed by atoms with Crippen LogP contribution in [0.1, 0.15) is 6.42 Å². The summed E-state index contributed by atoms with van der Waals surface area (Å²) in [7, 11) is 5.03. The Hall–Kier alpha value is -3.14. The van der Waals surface area contributed by atoms with Gasteiger partial charge in [0.05, 0.1) is 17.2 Å². The van der Waals surface area contributed by atoms with Crippen molar-refractivity contribution < 1.29 is 0 Å². The zero-order valence-electron chi connectivity index (χ0n) is 16.3. The van der Waals surface area contributed by atoms with Gasteiger partial charge in [-0.1, -0.05) is 23.9 Å². The normalized spacial score (nSPS) is 11.6. The molecule has 1 aromatic carbocycles. The van der Waals surface area contributed by atoms with Gasteiger partial charge in [-0.05, 0) is 18.6 Å². The molecule has 150 valence electrons. The van der Waals surface area contributed by atoms with Gasteiger partial charge in [-0.25, -0.2) is 14.8 Å². The number of hydrogen-bond acceptors (Lipinski definition) is 6. The largest absolute Gasteiger partial charge is 0.332 e. The number of thioether (sulfide) groups is 1. The molecule has 0 aliphatic rings. The molecule has 0 saturated heterocycles. The van der Waals surface area contributed by atoms with Crippen LogP contribution in [0.15, 0.2) is 50.1 Å². The zero-order chi connectivity index (χ0) is 20.7. The average molecular weight is 412 g/mol. The monoisotopic (exact) mass is 412 g/mol. The van der Waals surface area contributed by atoms with Crippen molar-refractivity contribution in [2.75, 3.05) is 5.75 Å². The van der Waals surface area contributed by atoms with E-state index < -0.39 is 0 Å². The van der Waals surface area contributed by atoms with E-state index in [2.05, 4.69) is 9.97 Å². The Bertz CT molecular complexity index is 1410. The number of imidazole rings is 1. The summed E-state index contributed by atoms with van der Waals surface area (Å²) in [5, 5.41) is 1.19. The predicted molar refractivity (Wildman–Crippen MR) is 113 cm³/mol. The highest BCUT2D eigenvalue weighted by Gasteiger charge is 2.15. The second-order valence-corrected chi connectivity index (χ2v) is 7.87. The molecule has 0 fully saturated rings. The van der Waals surface area contributed by atoms with E-state index in [1.165, 1.54) is 31.8 Å². The summed E-state index contributed by atoms with van der Waals surface area (Å²) in [4.78, 5) is 46.4. The number of benzene rings is 1. The van der Waals surface area contributed by atoms with Gasteiger partial charge >= 0.3 is 5.69 Å². The molecule has 0 aliphatic heterocycles. The summed E-state index contributed by atoms with van der Waals surface area (Å²) in [6.07, 6.45) is 2.10. The molecule has 3 aromatic heterocycles. The molecule has 0 atom stereocenters. The fourth-order valence-electron chi connectivity index (χ4n) is 3.31. The van der Waals surface area contributed by atoms with Gasteiger partial charge in [-0.3, -0.25) is 23.3 Å². The van der Waals surface area contributed by atoms with Crippen LogP contribution >= 0.6 is 11.8 Å². The first-order chi connectivity index (χ1) is 13.9. The van der Waals surface area contributed by atoms with E-state index in [4.69, 9.17) is 0 Å². The Morgan fingerprint density at radius 2 is 1.76 bits per heavy atom. The van der Waals surface area contributed by atoms with Crippen molar-refractivity contribution in [3.63, 3.8) is 0 Å². The number of rotatable bonds is 5.